The van der Waals surface area contributed by atoms with Gasteiger partial charge in [-0.2, -0.15) is 0 Å². The van der Waals surface area contributed by atoms with Crippen molar-refractivity contribution in [2.45, 2.75) is 6.42 Å². The minimum atomic E-state index is -1.83. The van der Waals surface area contributed by atoms with Gasteiger partial charge in [-0.25, -0.2) is 4.79 Å². The Morgan fingerprint density at radius 1 is 1.23 bits per heavy atom. The fourth-order valence-corrected chi connectivity index (χ4v) is 0.386. The quantitative estimate of drug-likeness (QED) is 0.457. The fourth-order valence-electron chi connectivity index (χ4n) is 0.386. The zero-order chi connectivity index (χ0) is 10.9. The minimum absolute atomic E-state index is 0.165. The molecule has 0 aliphatic carbocycles. The van der Waals surface area contributed by atoms with E-state index in [1.54, 1.807) is 5.01 Å². The Bertz CT molecular complexity index is 155. The van der Waals surface area contributed by atoms with Crippen LogP contribution in [0.4, 0.5) is 4.79 Å². The van der Waals surface area contributed by atoms with Gasteiger partial charge in [0.2, 0.25) is 0 Å². The molecule has 0 amide bonds. The van der Waals surface area contributed by atoms with Gasteiger partial charge in [-0.1, -0.05) is 0 Å². The Morgan fingerprint density at radius 3 is 1.85 bits per heavy atom. The molecule has 0 bridgehead atoms. The lowest BCUT2D eigenvalue weighted by atomic mass is 10.4. The molecule has 0 aromatic rings. The summed E-state index contributed by atoms with van der Waals surface area (Å²) in [4.78, 5) is 18.5. The van der Waals surface area contributed by atoms with Crippen LogP contribution in [0.15, 0.2) is 0 Å². The molecule has 0 saturated carbocycles. The number of hydrazine groups is 1. The number of nitrogens with one attached hydrogen (secondary N) is 1. The molecule has 0 rings (SSSR count). The normalized spacial score (nSPS) is 8.85. The number of carboxylic acid groups (broad SMARTS) is 3. The van der Waals surface area contributed by atoms with Crippen LogP contribution in [-0.2, 0) is 4.79 Å². The second-order valence-corrected chi connectivity index (χ2v) is 2.23. The zero-order valence-electron chi connectivity index (χ0n) is 7.52. The van der Waals surface area contributed by atoms with Crippen molar-refractivity contribution >= 4 is 12.1 Å². The standard InChI is InChI=1S/C5H12N2O2.CH2O3/c1-7(2)6-4-3-5(8)9;2-1(3)4/h6H,3-4H2,1-2H3,(H,8,9);(H2,2,3,4). The maximum atomic E-state index is 9.92. The Kier molecular flexibility index (Phi) is 9.56. The molecule has 0 heterocycles. The maximum absolute atomic E-state index is 9.92. The van der Waals surface area contributed by atoms with E-state index in [1.807, 2.05) is 14.1 Å². The lowest BCUT2D eigenvalue weighted by Crippen LogP contribution is -2.32. The van der Waals surface area contributed by atoms with Crippen molar-refractivity contribution in [2.24, 2.45) is 0 Å². The molecule has 0 fully saturated rings. The first-order valence-corrected chi connectivity index (χ1v) is 3.40. The van der Waals surface area contributed by atoms with E-state index in [0.717, 1.165) is 0 Å². The van der Waals surface area contributed by atoms with Crippen molar-refractivity contribution in [3.8, 4) is 0 Å². The second kappa shape index (κ2) is 8.75. The van der Waals surface area contributed by atoms with Gasteiger partial charge in [0, 0.05) is 20.6 Å². The monoisotopic (exact) mass is 194 g/mol. The molecule has 13 heavy (non-hydrogen) atoms. The van der Waals surface area contributed by atoms with Gasteiger partial charge in [0.05, 0.1) is 6.42 Å². The first kappa shape index (κ1) is 14.2. The summed E-state index contributed by atoms with van der Waals surface area (Å²) < 4.78 is 0. The van der Waals surface area contributed by atoms with E-state index in [4.69, 9.17) is 20.1 Å². The van der Waals surface area contributed by atoms with Crippen LogP contribution in [0, 0.1) is 0 Å². The summed E-state index contributed by atoms with van der Waals surface area (Å²) in [6, 6.07) is 0. The van der Waals surface area contributed by atoms with Crippen LogP contribution >= 0.6 is 0 Å². The number of carboxylic acids is 1. The number of carbonyl (C=O) groups is 2. The topological polar surface area (TPSA) is 110 Å². The molecule has 0 saturated heterocycles. The zero-order valence-corrected chi connectivity index (χ0v) is 7.52. The first-order chi connectivity index (χ1) is 5.86. The Balaban J connectivity index is 0. The van der Waals surface area contributed by atoms with E-state index in [2.05, 4.69) is 5.43 Å². The van der Waals surface area contributed by atoms with E-state index < -0.39 is 12.1 Å². The van der Waals surface area contributed by atoms with Gasteiger partial charge < -0.3 is 15.3 Å². The average Bonchev–Trinajstić information content (AvgIpc) is 1.83. The van der Waals surface area contributed by atoms with Crippen molar-refractivity contribution in [3.63, 3.8) is 0 Å². The maximum Gasteiger partial charge on any atom is 0.503 e. The molecule has 78 valence electrons. The van der Waals surface area contributed by atoms with Gasteiger partial charge in [0.15, 0.2) is 0 Å². The van der Waals surface area contributed by atoms with Crippen LogP contribution in [0.2, 0.25) is 0 Å². The van der Waals surface area contributed by atoms with Gasteiger partial charge in [-0.05, 0) is 0 Å². The summed E-state index contributed by atoms with van der Waals surface area (Å²) in [6.45, 7) is 0.488. The molecule has 0 atom stereocenters. The number of hydrogen-bond acceptors (Lipinski definition) is 4. The summed E-state index contributed by atoms with van der Waals surface area (Å²) in [7, 11) is 3.64. The van der Waals surface area contributed by atoms with E-state index in [9.17, 15) is 4.79 Å². The largest absolute Gasteiger partial charge is 0.503 e. The third-order valence-corrected chi connectivity index (χ3v) is 0.767. The SMILES string of the molecule is CN(C)NCCC(=O)O.O=C(O)O. The number of aliphatic carboxylic acids is 1. The van der Waals surface area contributed by atoms with Gasteiger partial charge in [0.1, 0.15) is 0 Å². The highest BCUT2D eigenvalue weighted by atomic mass is 16.6. The fraction of sp³-hybridized carbons (Fsp3) is 0.667. The molecule has 7 nitrogen and oxygen atoms in total. The van der Waals surface area contributed by atoms with Crippen LogP contribution in [0.5, 0.6) is 0 Å². The molecule has 0 aliphatic heterocycles. The smallest absolute Gasteiger partial charge is 0.481 e. The van der Waals surface area contributed by atoms with Crippen molar-refractivity contribution < 1.29 is 24.9 Å². The molecule has 0 unspecified atom stereocenters. The first-order valence-electron chi connectivity index (χ1n) is 3.40. The highest BCUT2D eigenvalue weighted by Crippen LogP contribution is 1.74. The lowest BCUT2D eigenvalue weighted by Gasteiger charge is -2.09. The van der Waals surface area contributed by atoms with Crippen molar-refractivity contribution in [1.82, 2.24) is 10.4 Å². The summed E-state index contributed by atoms with van der Waals surface area (Å²) in [5.41, 5.74) is 2.83. The highest BCUT2D eigenvalue weighted by molar-refractivity contribution is 5.66. The molecule has 0 aromatic carbocycles. The van der Waals surface area contributed by atoms with E-state index in [0.29, 0.717) is 6.54 Å². The number of nitrogens with zero attached hydrogens (tertiary/aromatic N) is 1. The van der Waals surface area contributed by atoms with Crippen LogP contribution in [-0.4, -0.2) is 53.1 Å². The van der Waals surface area contributed by atoms with E-state index >= 15 is 0 Å². The number of hydrogen-bond donors (Lipinski definition) is 4. The summed E-state index contributed by atoms with van der Waals surface area (Å²) in [5.74, 6) is -0.774. The molecular formula is C6H14N2O5. The van der Waals surface area contributed by atoms with Crippen molar-refractivity contribution in [1.29, 1.82) is 0 Å². The third kappa shape index (κ3) is 36.8. The van der Waals surface area contributed by atoms with Crippen molar-refractivity contribution in [3.05, 3.63) is 0 Å². The van der Waals surface area contributed by atoms with Gasteiger partial charge in [-0.15, -0.1) is 0 Å². The van der Waals surface area contributed by atoms with E-state index in [-0.39, 0.29) is 6.42 Å². The molecule has 0 aliphatic rings. The minimum Gasteiger partial charge on any atom is -0.481 e. The van der Waals surface area contributed by atoms with Crippen LogP contribution in [0.25, 0.3) is 0 Å². The predicted octanol–water partition coefficient (Wildman–Crippen LogP) is -0.250. The van der Waals surface area contributed by atoms with Gasteiger partial charge in [-0.3, -0.25) is 15.2 Å². The van der Waals surface area contributed by atoms with Crippen molar-refractivity contribution in [2.75, 3.05) is 20.6 Å². The lowest BCUT2D eigenvalue weighted by molar-refractivity contribution is -0.137. The molecule has 4 N–H and O–H groups in total. The molecule has 7 heteroatoms. The van der Waals surface area contributed by atoms with Gasteiger partial charge in [0.25, 0.3) is 0 Å². The average molecular weight is 194 g/mol. The summed E-state index contributed by atoms with van der Waals surface area (Å²) in [5, 5.41) is 23.8. The Labute approximate surface area is 75.6 Å². The van der Waals surface area contributed by atoms with E-state index in [1.165, 1.54) is 0 Å². The van der Waals surface area contributed by atoms with Crippen LogP contribution < -0.4 is 5.43 Å². The molecule has 0 spiro atoms. The predicted molar refractivity (Wildman–Crippen MR) is 44.6 cm³/mol. The summed E-state index contributed by atoms with van der Waals surface area (Å²) in [6.07, 6.45) is -1.67. The highest BCUT2D eigenvalue weighted by Gasteiger charge is 1.94. The Hall–Kier alpha value is -1.34. The second-order valence-electron chi connectivity index (χ2n) is 2.23. The van der Waals surface area contributed by atoms with Gasteiger partial charge >= 0.3 is 12.1 Å². The molecule has 0 aromatic heterocycles. The Morgan fingerprint density at radius 2 is 1.62 bits per heavy atom. The number of rotatable bonds is 4. The third-order valence-electron chi connectivity index (χ3n) is 0.767. The summed E-state index contributed by atoms with van der Waals surface area (Å²) >= 11 is 0. The van der Waals surface area contributed by atoms with Crippen LogP contribution in [0.1, 0.15) is 6.42 Å². The molecule has 0 radical (unpaired) electrons. The molecular weight excluding hydrogens is 180 g/mol. The van der Waals surface area contributed by atoms with Crippen LogP contribution in [0.3, 0.4) is 0 Å².